The summed E-state index contributed by atoms with van der Waals surface area (Å²) in [6.45, 7) is 3.87. The van der Waals surface area contributed by atoms with Gasteiger partial charge in [-0.3, -0.25) is 4.90 Å². The van der Waals surface area contributed by atoms with Crippen LogP contribution < -0.4 is 4.74 Å². The number of benzene rings is 1. The van der Waals surface area contributed by atoms with Gasteiger partial charge in [-0.2, -0.15) is 13.2 Å². The summed E-state index contributed by atoms with van der Waals surface area (Å²) in [5.41, 5.74) is -0.658. The van der Waals surface area contributed by atoms with Crippen molar-refractivity contribution in [2.24, 2.45) is 5.92 Å². The molecule has 0 bridgehead atoms. The van der Waals surface area contributed by atoms with Crippen molar-refractivity contribution >= 4 is 0 Å². The molecule has 0 aromatic heterocycles. The Morgan fingerprint density at radius 3 is 2.50 bits per heavy atom. The summed E-state index contributed by atoms with van der Waals surface area (Å²) in [6.07, 6.45) is 0.762. The minimum Gasteiger partial charge on any atom is -0.487 e. The minimum absolute atomic E-state index is 0.148. The Morgan fingerprint density at radius 2 is 1.83 bits per heavy atom. The van der Waals surface area contributed by atoms with E-state index in [9.17, 15) is 13.2 Å². The fourth-order valence-corrected chi connectivity index (χ4v) is 3.55. The Labute approximate surface area is 140 Å². The summed E-state index contributed by atoms with van der Waals surface area (Å²) in [6, 6.07) is 4.89. The van der Waals surface area contributed by atoms with E-state index in [4.69, 9.17) is 9.47 Å². The molecule has 1 aliphatic carbocycles. The van der Waals surface area contributed by atoms with Gasteiger partial charge in [-0.15, -0.1) is 0 Å². The van der Waals surface area contributed by atoms with E-state index in [-0.39, 0.29) is 6.10 Å². The second kappa shape index (κ2) is 7.74. The molecular formula is C18H24F3NO2. The van der Waals surface area contributed by atoms with E-state index in [0.29, 0.717) is 19.0 Å². The van der Waals surface area contributed by atoms with Gasteiger partial charge in [-0.05, 0) is 43.0 Å². The van der Waals surface area contributed by atoms with E-state index >= 15 is 0 Å². The SMILES string of the molecule is FC(F)(F)c1ccc(OC2COCCN(CC3CCCC3)C2)cc1. The van der Waals surface area contributed by atoms with Crippen molar-refractivity contribution in [1.82, 2.24) is 4.90 Å². The molecule has 1 aromatic rings. The highest BCUT2D eigenvalue weighted by Gasteiger charge is 2.30. The molecule has 2 aliphatic rings. The average molecular weight is 343 g/mol. The summed E-state index contributed by atoms with van der Waals surface area (Å²) < 4.78 is 49.3. The number of halogens is 3. The molecule has 1 saturated heterocycles. The van der Waals surface area contributed by atoms with Crippen LogP contribution in [0.4, 0.5) is 13.2 Å². The molecule has 6 heteroatoms. The van der Waals surface area contributed by atoms with Gasteiger partial charge in [-0.1, -0.05) is 12.8 Å². The van der Waals surface area contributed by atoms with Crippen LogP contribution in [-0.2, 0) is 10.9 Å². The van der Waals surface area contributed by atoms with E-state index < -0.39 is 11.7 Å². The smallest absolute Gasteiger partial charge is 0.416 e. The normalized spacial score (nSPS) is 24.0. The summed E-state index contributed by atoms with van der Waals surface area (Å²) >= 11 is 0. The first-order valence-electron chi connectivity index (χ1n) is 8.65. The molecule has 0 radical (unpaired) electrons. The standard InChI is InChI=1S/C18H24F3NO2/c19-18(20,21)15-5-7-16(8-6-15)24-17-12-22(9-10-23-13-17)11-14-3-1-2-4-14/h5-8,14,17H,1-4,9-13H2. The lowest BCUT2D eigenvalue weighted by atomic mass is 10.1. The van der Waals surface area contributed by atoms with Crippen LogP contribution in [0.25, 0.3) is 0 Å². The average Bonchev–Trinajstić information content (AvgIpc) is 2.94. The molecule has 3 nitrogen and oxygen atoms in total. The topological polar surface area (TPSA) is 21.7 Å². The van der Waals surface area contributed by atoms with Crippen molar-refractivity contribution in [3.8, 4) is 5.75 Å². The molecule has 1 aliphatic heterocycles. The highest BCUT2D eigenvalue weighted by molar-refractivity contribution is 5.29. The summed E-state index contributed by atoms with van der Waals surface area (Å²) in [5.74, 6) is 1.22. The van der Waals surface area contributed by atoms with Crippen LogP contribution in [-0.4, -0.2) is 43.9 Å². The fraction of sp³-hybridized carbons (Fsp3) is 0.667. The van der Waals surface area contributed by atoms with Gasteiger partial charge in [0.1, 0.15) is 11.9 Å². The van der Waals surface area contributed by atoms with Gasteiger partial charge >= 0.3 is 6.18 Å². The van der Waals surface area contributed by atoms with Crippen molar-refractivity contribution in [2.75, 3.05) is 32.8 Å². The third-order valence-electron chi connectivity index (χ3n) is 4.79. The van der Waals surface area contributed by atoms with Gasteiger partial charge in [-0.25, -0.2) is 0 Å². The van der Waals surface area contributed by atoms with Crippen LogP contribution in [0.5, 0.6) is 5.75 Å². The zero-order valence-electron chi connectivity index (χ0n) is 13.7. The molecule has 1 atom stereocenters. The molecule has 24 heavy (non-hydrogen) atoms. The number of hydrogen-bond acceptors (Lipinski definition) is 3. The maximum Gasteiger partial charge on any atom is 0.416 e. The zero-order valence-corrected chi connectivity index (χ0v) is 13.7. The second-order valence-corrected chi connectivity index (χ2v) is 6.75. The minimum atomic E-state index is -4.32. The largest absolute Gasteiger partial charge is 0.487 e. The van der Waals surface area contributed by atoms with Crippen LogP contribution in [0, 0.1) is 5.92 Å². The molecule has 1 saturated carbocycles. The van der Waals surface area contributed by atoms with Crippen LogP contribution in [0.15, 0.2) is 24.3 Å². The highest BCUT2D eigenvalue weighted by atomic mass is 19.4. The van der Waals surface area contributed by atoms with Crippen molar-refractivity contribution in [1.29, 1.82) is 0 Å². The van der Waals surface area contributed by atoms with Gasteiger partial charge in [0.2, 0.25) is 0 Å². The van der Waals surface area contributed by atoms with Crippen molar-refractivity contribution in [3.05, 3.63) is 29.8 Å². The highest BCUT2D eigenvalue weighted by Crippen LogP contribution is 2.30. The number of rotatable bonds is 4. The van der Waals surface area contributed by atoms with Gasteiger partial charge in [0.05, 0.1) is 18.8 Å². The first kappa shape index (κ1) is 17.5. The summed E-state index contributed by atoms with van der Waals surface area (Å²) in [4.78, 5) is 2.37. The lowest BCUT2D eigenvalue weighted by Crippen LogP contribution is -2.38. The number of nitrogens with zero attached hydrogens (tertiary/aromatic N) is 1. The van der Waals surface area contributed by atoms with E-state index in [2.05, 4.69) is 4.90 Å². The van der Waals surface area contributed by atoms with Gasteiger partial charge in [0.15, 0.2) is 0 Å². The maximum atomic E-state index is 12.6. The fourth-order valence-electron chi connectivity index (χ4n) is 3.55. The molecule has 1 heterocycles. The van der Waals surface area contributed by atoms with Crippen LogP contribution in [0.2, 0.25) is 0 Å². The molecule has 2 fully saturated rings. The quantitative estimate of drug-likeness (QED) is 0.826. The monoisotopic (exact) mass is 343 g/mol. The lowest BCUT2D eigenvalue weighted by Gasteiger charge is -2.26. The lowest BCUT2D eigenvalue weighted by molar-refractivity contribution is -0.137. The van der Waals surface area contributed by atoms with E-state index in [1.54, 1.807) is 0 Å². The van der Waals surface area contributed by atoms with Crippen molar-refractivity contribution < 1.29 is 22.6 Å². The van der Waals surface area contributed by atoms with Gasteiger partial charge in [0, 0.05) is 19.6 Å². The van der Waals surface area contributed by atoms with Crippen LogP contribution in [0.1, 0.15) is 31.2 Å². The Kier molecular flexibility index (Phi) is 5.66. The number of hydrogen-bond donors (Lipinski definition) is 0. The Hall–Kier alpha value is -1.27. The predicted molar refractivity (Wildman–Crippen MR) is 85.1 cm³/mol. The second-order valence-electron chi connectivity index (χ2n) is 6.75. The molecule has 1 aromatic carbocycles. The number of alkyl halides is 3. The molecule has 134 valence electrons. The van der Waals surface area contributed by atoms with Crippen LogP contribution in [0.3, 0.4) is 0 Å². The first-order valence-corrected chi connectivity index (χ1v) is 8.65. The predicted octanol–water partition coefficient (Wildman–Crippen LogP) is 3.98. The van der Waals surface area contributed by atoms with E-state index in [0.717, 1.165) is 37.7 Å². The molecular weight excluding hydrogens is 319 g/mol. The Balaban J connectivity index is 1.56. The van der Waals surface area contributed by atoms with Crippen molar-refractivity contribution in [2.45, 2.75) is 38.0 Å². The van der Waals surface area contributed by atoms with Crippen LogP contribution >= 0.6 is 0 Å². The third-order valence-corrected chi connectivity index (χ3v) is 4.79. The van der Waals surface area contributed by atoms with E-state index in [1.165, 1.54) is 37.8 Å². The molecule has 3 rings (SSSR count). The third kappa shape index (κ3) is 4.86. The van der Waals surface area contributed by atoms with E-state index in [1.807, 2.05) is 0 Å². The van der Waals surface area contributed by atoms with Gasteiger partial charge < -0.3 is 9.47 Å². The molecule has 0 N–H and O–H groups in total. The Bertz CT molecular complexity index is 512. The Morgan fingerprint density at radius 1 is 1.12 bits per heavy atom. The number of ether oxygens (including phenoxy) is 2. The molecule has 0 spiro atoms. The van der Waals surface area contributed by atoms with Gasteiger partial charge in [0.25, 0.3) is 0 Å². The summed E-state index contributed by atoms with van der Waals surface area (Å²) in [7, 11) is 0. The zero-order chi connectivity index (χ0) is 17.0. The molecule has 0 amide bonds. The van der Waals surface area contributed by atoms with Crippen molar-refractivity contribution in [3.63, 3.8) is 0 Å². The molecule has 1 unspecified atom stereocenters. The first-order chi connectivity index (χ1) is 11.5. The summed E-state index contributed by atoms with van der Waals surface area (Å²) in [5, 5.41) is 0. The maximum absolute atomic E-state index is 12.6.